The number of nitrogens with zero attached hydrogens (tertiary/aromatic N) is 2. The molecule has 10 heteroatoms. The highest BCUT2D eigenvalue weighted by atomic mass is 35.5. The molecule has 0 bridgehead atoms. The van der Waals surface area contributed by atoms with E-state index in [2.05, 4.69) is 14.9 Å². The number of aromatic nitrogens is 1. The van der Waals surface area contributed by atoms with E-state index in [1.807, 2.05) is 0 Å². The number of carbonyl (C=O) groups is 1. The van der Waals surface area contributed by atoms with E-state index >= 15 is 0 Å². The Bertz CT molecular complexity index is 959. The lowest BCUT2D eigenvalue weighted by molar-refractivity contribution is -0.139. The molecule has 0 amide bonds. The minimum absolute atomic E-state index is 0.00478. The van der Waals surface area contributed by atoms with E-state index in [0.29, 0.717) is 23.6 Å². The fourth-order valence-corrected chi connectivity index (χ4v) is 2.61. The number of rotatable bonds is 6. The van der Waals surface area contributed by atoms with Crippen molar-refractivity contribution in [1.82, 2.24) is 4.98 Å². The average Bonchev–Trinajstić information content (AvgIpc) is 2.69. The smallest absolute Gasteiger partial charge is 0.417 e. The van der Waals surface area contributed by atoms with Gasteiger partial charge in [-0.05, 0) is 36.8 Å². The number of carbonyl (C=O) groups excluding carboxylic acids is 1. The van der Waals surface area contributed by atoms with Crippen molar-refractivity contribution >= 4 is 23.3 Å². The number of alkyl halides is 3. The minimum atomic E-state index is -4.60. The van der Waals surface area contributed by atoms with Crippen LogP contribution in [0.1, 0.15) is 23.7 Å². The third-order valence-corrected chi connectivity index (χ3v) is 4.00. The Morgan fingerprint density at radius 1 is 1.34 bits per heavy atom. The molecule has 1 heterocycles. The number of hydrogen-bond acceptors (Lipinski definition) is 6. The number of benzene rings is 1. The van der Waals surface area contributed by atoms with Gasteiger partial charge in [0.15, 0.2) is 0 Å². The maximum atomic E-state index is 12.8. The largest absolute Gasteiger partial charge is 0.463 e. The number of ether oxygens (including phenoxy) is 2. The van der Waals surface area contributed by atoms with Crippen LogP contribution in [-0.2, 0) is 22.1 Å². The van der Waals surface area contributed by atoms with Gasteiger partial charge in [-0.3, -0.25) is 4.98 Å². The zero-order valence-corrected chi connectivity index (χ0v) is 16.1. The second-order valence-electron chi connectivity index (χ2n) is 5.67. The molecule has 0 aliphatic rings. The molecule has 0 radical (unpaired) electrons. The van der Waals surface area contributed by atoms with Gasteiger partial charge in [-0.2, -0.15) is 13.2 Å². The molecular weight excluding hydrogens is 413 g/mol. The van der Waals surface area contributed by atoms with Crippen molar-refractivity contribution in [3.63, 3.8) is 0 Å². The fraction of sp³-hybridized carbons (Fsp3) is 0.211. The second kappa shape index (κ2) is 9.42. The minimum Gasteiger partial charge on any atom is -0.463 e. The summed E-state index contributed by atoms with van der Waals surface area (Å²) in [6.07, 6.45) is -2.55. The zero-order chi connectivity index (χ0) is 21.6. The van der Waals surface area contributed by atoms with E-state index in [-0.39, 0.29) is 28.6 Å². The van der Waals surface area contributed by atoms with Crippen LogP contribution in [-0.4, -0.2) is 29.0 Å². The molecular formula is C19H16ClF3N2O4. The van der Waals surface area contributed by atoms with Crippen LogP contribution in [0.3, 0.4) is 0 Å². The van der Waals surface area contributed by atoms with Gasteiger partial charge in [-0.1, -0.05) is 28.9 Å². The Kier molecular flexibility index (Phi) is 7.22. The van der Waals surface area contributed by atoms with E-state index in [1.165, 1.54) is 13.2 Å². The van der Waals surface area contributed by atoms with Gasteiger partial charge in [-0.15, -0.1) is 0 Å². The quantitative estimate of drug-likeness (QED) is 0.181. The molecule has 0 saturated carbocycles. The number of methoxy groups -OCH3 is 1. The molecule has 1 aromatic carbocycles. The summed E-state index contributed by atoms with van der Waals surface area (Å²) < 4.78 is 48.4. The highest BCUT2D eigenvalue weighted by Crippen LogP contribution is 2.31. The summed E-state index contributed by atoms with van der Waals surface area (Å²) in [5, 5.41) is 12.1. The van der Waals surface area contributed by atoms with Crippen LogP contribution >= 0.6 is 11.6 Å². The molecule has 154 valence electrons. The normalized spacial score (nSPS) is 12.6. The van der Waals surface area contributed by atoms with Crippen molar-refractivity contribution < 1.29 is 32.6 Å². The van der Waals surface area contributed by atoms with Crippen LogP contribution in [0, 0.1) is 0 Å². The molecule has 0 atom stereocenters. The first-order chi connectivity index (χ1) is 13.7. The Hall–Kier alpha value is -3.07. The van der Waals surface area contributed by atoms with Gasteiger partial charge in [-0.25, -0.2) is 4.79 Å². The van der Waals surface area contributed by atoms with Gasteiger partial charge in [0.05, 0.1) is 17.7 Å². The fourth-order valence-electron chi connectivity index (χ4n) is 2.33. The molecule has 1 aromatic heterocycles. The van der Waals surface area contributed by atoms with Crippen LogP contribution in [0.2, 0.25) is 5.02 Å². The summed E-state index contributed by atoms with van der Waals surface area (Å²) in [5.74, 6) is -0.367. The lowest BCUT2D eigenvalue weighted by Crippen LogP contribution is -2.12. The summed E-state index contributed by atoms with van der Waals surface area (Å²) >= 11 is 5.91. The van der Waals surface area contributed by atoms with Gasteiger partial charge in [0, 0.05) is 12.6 Å². The molecule has 29 heavy (non-hydrogen) atoms. The van der Waals surface area contributed by atoms with Gasteiger partial charge < -0.3 is 14.7 Å². The van der Waals surface area contributed by atoms with Crippen molar-refractivity contribution in [3.05, 3.63) is 70.2 Å². The molecule has 0 spiro atoms. The monoisotopic (exact) mass is 428 g/mol. The predicted octanol–water partition coefficient (Wildman–Crippen LogP) is 4.63. The van der Waals surface area contributed by atoms with E-state index < -0.39 is 17.7 Å². The maximum Gasteiger partial charge on any atom is 0.417 e. The van der Waals surface area contributed by atoms with Gasteiger partial charge in [0.1, 0.15) is 17.2 Å². The molecule has 0 saturated heterocycles. The van der Waals surface area contributed by atoms with Crippen molar-refractivity contribution in [1.29, 1.82) is 0 Å². The van der Waals surface area contributed by atoms with E-state index in [1.54, 1.807) is 31.2 Å². The van der Waals surface area contributed by atoms with Crippen molar-refractivity contribution in [2.24, 2.45) is 5.16 Å². The van der Waals surface area contributed by atoms with Gasteiger partial charge >= 0.3 is 12.1 Å². The first-order valence-corrected chi connectivity index (χ1v) is 8.52. The third kappa shape index (κ3) is 5.71. The molecule has 0 fully saturated rings. The van der Waals surface area contributed by atoms with E-state index in [9.17, 15) is 23.2 Å². The summed E-state index contributed by atoms with van der Waals surface area (Å²) in [4.78, 5) is 15.3. The Labute approximate surface area is 169 Å². The number of pyridine rings is 1. The average molecular weight is 429 g/mol. The zero-order valence-electron chi connectivity index (χ0n) is 15.3. The number of allylic oxidation sites excluding steroid dienone is 1. The second-order valence-corrected chi connectivity index (χ2v) is 6.08. The molecule has 2 rings (SSSR count). The predicted molar refractivity (Wildman–Crippen MR) is 99.1 cm³/mol. The Morgan fingerprint density at radius 3 is 2.62 bits per heavy atom. The van der Waals surface area contributed by atoms with E-state index in [4.69, 9.17) is 16.3 Å². The van der Waals surface area contributed by atoms with Crippen LogP contribution in [0.15, 0.2) is 53.5 Å². The highest BCUT2D eigenvalue weighted by Gasteiger charge is 2.32. The topological polar surface area (TPSA) is 81.0 Å². The standard InChI is InChI=1S/C19H16ClF3N2O4/c1-3-16(18(26)28-2)29-13-6-4-5-11(7-13)8-15(25-27)17-14(20)9-12(10-24-17)19(21,22)23/h3-7,9-10,27H,8H2,1-2H3. The first-order valence-electron chi connectivity index (χ1n) is 8.15. The lowest BCUT2D eigenvalue weighted by Gasteiger charge is -2.11. The number of hydrogen-bond donors (Lipinski definition) is 1. The SMILES string of the molecule is CC=C(Oc1cccc(CC(=NO)c2ncc(C(F)(F)F)cc2Cl)c1)C(=O)OC. The molecule has 2 aromatic rings. The Balaban J connectivity index is 2.25. The first kappa shape index (κ1) is 22.2. The number of halogens is 4. The van der Waals surface area contributed by atoms with Crippen molar-refractivity contribution in [3.8, 4) is 5.75 Å². The summed E-state index contributed by atoms with van der Waals surface area (Å²) in [6, 6.07) is 7.17. The summed E-state index contributed by atoms with van der Waals surface area (Å²) in [5.41, 5.74) is -0.564. The summed E-state index contributed by atoms with van der Waals surface area (Å²) in [7, 11) is 1.22. The summed E-state index contributed by atoms with van der Waals surface area (Å²) in [6.45, 7) is 1.60. The van der Waals surface area contributed by atoms with Crippen LogP contribution in [0.5, 0.6) is 5.75 Å². The molecule has 1 N–H and O–H groups in total. The highest BCUT2D eigenvalue weighted by molar-refractivity contribution is 6.34. The third-order valence-electron chi connectivity index (χ3n) is 3.71. The van der Waals surface area contributed by atoms with Crippen LogP contribution < -0.4 is 4.74 Å². The van der Waals surface area contributed by atoms with Crippen molar-refractivity contribution in [2.75, 3.05) is 7.11 Å². The van der Waals surface area contributed by atoms with E-state index in [0.717, 1.165) is 0 Å². The van der Waals surface area contributed by atoms with Crippen LogP contribution in [0.4, 0.5) is 13.2 Å². The molecule has 0 unspecified atom stereocenters. The van der Waals surface area contributed by atoms with Crippen LogP contribution in [0.25, 0.3) is 0 Å². The van der Waals surface area contributed by atoms with Gasteiger partial charge in [0.25, 0.3) is 0 Å². The molecule has 6 nitrogen and oxygen atoms in total. The molecule has 0 aliphatic heterocycles. The van der Waals surface area contributed by atoms with Crippen molar-refractivity contribution in [2.45, 2.75) is 19.5 Å². The maximum absolute atomic E-state index is 12.8. The van der Waals surface area contributed by atoms with Gasteiger partial charge in [0.2, 0.25) is 5.76 Å². The number of esters is 1. The Morgan fingerprint density at radius 2 is 2.07 bits per heavy atom. The number of oxime groups is 1. The lowest BCUT2D eigenvalue weighted by atomic mass is 10.0. The molecule has 0 aliphatic carbocycles.